The fraction of sp³-hybridized carbons (Fsp3) is 0.375. The van der Waals surface area contributed by atoms with Gasteiger partial charge in [0, 0.05) is 24.0 Å². The zero-order chi connectivity index (χ0) is 16.8. The Kier molecular flexibility index (Phi) is 5.81. The summed E-state index contributed by atoms with van der Waals surface area (Å²) in [5.74, 6) is 1.30. The number of aromatic amines is 1. The monoisotopic (exact) mass is 335 g/mol. The van der Waals surface area contributed by atoms with Crippen molar-refractivity contribution in [3.63, 3.8) is 0 Å². The Morgan fingerprint density at radius 2 is 1.91 bits per heavy atom. The molecule has 0 spiro atoms. The van der Waals surface area contributed by atoms with Crippen LogP contribution in [0.15, 0.2) is 23.0 Å². The van der Waals surface area contributed by atoms with Crippen LogP contribution in [0.25, 0.3) is 10.9 Å². The number of aromatic nitrogens is 1. The van der Waals surface area contributed by atoms with Gasteiger partial charge in [-0.25, -0.2) is 0 Å². The molecular formula is C16H21N3O3S. The second kappa shape index (κ2) is 7.82. The molecule has 0 aliphatic heterocycles. The van der Waals surface area contributed by atoms with Crippen LogP contribution in [-0.4, -0.2) is 37.4 Å². The van der Waals surface area contributed by atoms with Crippen molar-refractivity contribution in [3.8, 4) is 11.5 Å². The van der Waals surface area contributed by atoms with E-state index >= 15 is 0 Å². The number of hydrogen-bond acceptors (Lipinski definition) is 4. The first-order valence-electron chi connectivity index (χ1n) is 7.39. The van der Waals surface area contributed by atoms with Crippen molar-refractivity contribution < 1.29 is 9.47 Å². The van der Waals surface area contributed by atoms with Gasteiger partial charge in [-0.05, 0) is 43.8 Å². The van der Waals surface area contributed by atoms with Gasteiger partial charge in [0.1, 0.15) is 11.5 Å². The van der Waals surface area contributed by atoms with E-state index in [-0.39, 0.29) is 5.56 Å². The first kappa shape index (κ1) is 17.1. The lowest BCUT2D eigenvalue weighted by Crippen LogP contribution is -2.36. The zero-order valence-corrected chi connectivity index (χ0v) is 14.3. The third-order valence-corrected chi connectivity index (χ3v) is 3.76. The summed E-state index contributed by atoms with van der Waals surface area (Å²) in [6, 6.07) is 5.43. The minimum absolute atomic E-state index is 0.139. The van der Waals surface area contributed by atoms with E-state index in [2.05, 4.69) is 15.6 Å². The molecule has 0 bridgehead atoms. The summed E-state index contributed by atoms with van der Waals surface area (Å²) >= 11 is 5.11. The topological polar surface area (TPSA) is 75.4 Å². The molecule has 6 nitrogen and oxygen atoms in total. The number of hydrogen-bond donors (Lipinski definition) is 3. The SMILES string of the molecule is CCNC(=S)NCCc1cc2c(OC)ccc(OC)c2[nH]c1=O. The summed E-state index contributed by atoms with van der Waals surface area (Å²) in [6.45, 7) is 3.31. The quantitative estimate of drug-likeness (QED) is 0.696. The van der Waals surface area contributed by atoms with E-state index in [4.69, 9.17) is 21.7 Å². The number of benzene rings is 1. The highest BCUT2D eigenvalue weighted by Gasteiger charge is 2.11. The summed E-state index contributed by atoms with van der Waals surface area (Å²) < 4.78 is 10.7. The standard InChI is InChI=1S/C16H21N3O3S/c1-4-17-16(23)18-8-7-10-9-11-12(21-2)5-6-13(22-3)14(11)19-15(10)20/h5-6,9H,4,7-8H2,1-3H3,(H,19,20)(H2,17,18,23). The van der Waals surface area contributed by atoms with Gasteiger partial charge >= 0.3 is 0 Å². The lowest BCUT2D eigenvalue weighted by molar-refractivity contribution is 0.409. The van der Waals surface area contributed by atoms with Gasteiger partial charge in [0.2, 0.25) is 0 Å². The van der Waals surface area contributed by atoms with Gasteiger partial charge in [-0.3, -0.25) is 4.79 Å². The lowest BCUT2D eigenvalue weighted by atomic mass is 10.1. The molecule has 124 valence electrons. The first-order valence-corrected chi connectivity index (χ1v) is 7.80. The third-order valence-electron chi connectivity index (χ3n) is 3.47. The Balaban J connectivity index is 2.29. The number of thiocarbonyl (C=S) groups is 1. The smallest absolute Gasteiger partial charge is 0.251 e. The van der Waals surface area contributed by atoms with Crippen LogP contribution < -0.4 is 25.7 Å². The zero-order valence-electron chi connectivity index (χ0n) is 13.5. The van der Waals surface area contributed by atoms with E-state index in [1.165, 1.54) is 0 Å². The maximum Gasteiger partial charge on any atom is 0.251 e. The van der Waals surface area contributed by atoms with E-state index in [0.717, 1.165) is 11.9 Å². The largest absolute Gasteiger partial charge is 0.496 e. The van der Waals surface area contributed by atoms with Gasteiger partial charge in [-0.15, -0.1) is 0 Å². The molecule has 7 heteroatoms. The summed E-state index contributed by atoms with van der Waals surface area (Å²) in [7, 11) is 3.17. The van der Waals surface area contributed by atoms with Gasteiger partial charge in [-0.1, -0.05) is 0 Å². The van der Waals surface area contributed by atoms with E-state index in [1.807, 2.05) is 19.1 Å². The molecule has 0 saturated heterocycles. The Hall–Kier alpha value is -2.28. The molecule has 0 saturated carbocycles. The van der Waals surface area contributed by atoms with Crippen molar-refractivity contribution in [1.29, 1.82) is 0 Å². The van der Waals surface area contributed by atoms with Crippen LogP contribution in [0.5, 0.6) is 11.5 Å². The lowest BCUT2D eigenvalue weighted by Gasteiger charge is -2.12. The average Bonchev–Trinajstić information content (AvgIpc) is 2.54. The predicted molar refractivity (Wildman–Crippen MR) is 95.7 cm³/mol. The van der Waals surface area contributed by atoms with Crippen LogP contribution in [0.2, 0.25) is 0 Å². The van der Waals surface area contributed by atoms with Crippen molar-refractivity contribution >= 4 is 28.2 Å². The van der Waals surface area contributed by atoms with Crippen molar-refractivity contribution in [2.24, 2.45) is 0 Å². The summed E-state index contributed by atoms with van der Waals surface area (Å²) in [6.07, 6.45) is 0.553. The van der Waals surface area contributed by atoms with Crippen LogP contribution >= 0.6 is 12.2 Å². The molecule has 1 heterocycles. The second-order valence-corrected chi connectivity index (χ2v) is 5.33. The van der Waals surface area contributed by atoms with Gasteiger partial charge < -0.3 is 25.1 Å². The van der Waals surface area contributed by atoms with Gasteiger partial charge in [0.05, 0.1) is 19.7 Å². The molecule has 3 N–H and O–H groups in total. The van der Waals surface area contributed by atoms with Crippen molar-refractivity contribution in [3.05, 3.63) is 34.1 Å². The maximum atomic E-state index is 12.3. The van der Waals surface area contributed by atoms with Gasteiger partial charge in [0.15, 0.2) is 5.11 Å². The number of nitrogens with one attached hydrogen (secondary N) is 3. The molecule has 0 aliphatic carbocycles. The molecule has 1 aromatic carbocycles. The van der Waals surface area contributed by atoms with E-state index in [9.17, 15) is 4.79 Å². The number of pyridine rings is 1. The first-order chi connectivity index (χ1) is 11.1. The number of rotatable bonds is 6. The van der Waals surface area contributed by atoms with Gasteiger partial charge in [-0.2, -0.15) is 0 Å². The molecule has 23 heavy (non-hydrogen) atoms. The minimum atomic E-state index is -0.139. The van der Waals surface area contributed by atoms with Crippen LogP contribution in [0.3, 0.4) is 0 Å². The average molecular weight is 335 g/mol. The number of H-pyrrole nitrogens is 1. The van der Waals surface area contributed by atoms with E-state index < -0.39 is 0 Å². The molecule has 0 atom stereocenters. The van der Waals surface area contributed by atoms with Crippen LogP contribution in [0, 0.1) is 0 Å². The highest BCUT2D eigenvalue weighted by molar-refractivity contribution is 7.80. The van der Waals surface area contributed by atoms with Crippen molar-refractivity contribution in [2.75, 3.05) is 27.3 Å². The molecular weight excluding hydrogens is 314 g/mol. The highest BCUT2D eigenvalue weighted by Crippen LogP contribution is 2.31. The van der Waals surface area contributed by atoms with Crippen LogP contribution in [-0.2, 0) is 6.42 Å². The molecule has 1 aromatic heterocycles. The minimum Gasteiger partial charge on any atom is -0.496 e. The number of methoxy groups -OCH3 is 2. The molecule has 0 amide bonds. The van der Waals surface area contributed by atoms with Crippen molar-refractivity contribution in [1.82, 2.24) is 15.6 Å². The Labute approximate surface area is 140 Å². The number of fused-ring (bicyclic) bond motifs is 1. The summed E-state index contributed by atoms with van der Waals surface area (Å²) in [4.78, 5) is 15.2. The molecule has 2 rings (SSSR count). The molecule has 0 unspecified atom stereocenters. The Morgan fingerprint density at radius 3 is 2.57 bits per heavy atom. The summed E-state index contributed by atoms with van der Waals surface area (Å²) in [5, 5.41) is 7.48. The van der Waals surface area contributed by atoms with E-state index in [1.54, 1.807) is 20.3 Å². The Morgan fingerprint density at radius 1 is 1.22 bits per heavy atom. The fourth-order valence-corrected chi connectivity index (χ4v) is 2.60. The molecule has 0 radical (unpaired) electrons. The normalized spacial score (nSPS) is 10.4. The molecule has 2 aromatic rings. The third kappa shape index (κ3) is 3.92. The summed E-state index contributed by atoms with van der Waals surface area (Å²) in [5.41, 5.74) is 1.16. The number of ether oxygens (including phenoxy) is 2. The van der Waals surface area contributed by atoms with Gasteiger partial charge in [0.25, 0.3) is 5.56 Å². The fourth-order valence-electron chi connectivity index (χ4n) is 2.35. The van der Waals surface area contributed by atoms with E-state index in [0.29, 0.717) is 40.7 Å². The Bertz CT molecular complexity index is 758. The van der Waals surface area contributed by atoms with Crippen molar-refractivity contribution in [2.45, 2.75) is 13.3 Å². The molecule has 0 aliphatic rings. The predicted octanol–water partition coefficient (Wildman–Crippen LogP) is 1.57. The second-order valence-electron chi connectivity index (χ2n) is 4.92. The van der Waals surface area contributed by atoms with Crippen LogP contribution in [0.1, 0.15) is 12.5 Å². The highest BCUT2D eigenvalue weighted by atomic mass is 32.1. The van der Waals surface area contributed by atoms with Crippen LogP contribution in [0.4, 0.5) is 0 Å². The maximum absolute atomic E-state index is 12.3. The molecule has 0 fully saturated rings.